The summed E-state index contributed by atoms with van der Waals surface area (Å²) in [6.07, 6.45) is 0. The number of rotatable bonds is 1. The van der Waals surface area contributed by atoms with Gasteiger partial charge in [-0.1, -0.05) is 30.3 Å². The van der Waals surface area contributed by atoms with E-state index in [0.29, 0.717) is 5.56 Å². The molecule has 2 aromatic rings. The predicted octanol–water partition coefficient (Wildman–Crippen LogP) is 2.35. The van der Waals surface area contributed by atoms with E-state index in [1.54, 1.807) is 30.3 Å². The van der Waals surface area contributed by atoms with E-state index in [0.717, 1.165) is 0 Å². The van der Waals surface area contributed by atoms with Crippen LogP contribution < -0.4 is 0 Å². The minimum Gasteiger partial charge on any atom is -0.250 e. The molecular weight excluding hydrogens is 174 g/mol. The van der Waals surface area contributed by atoms with Gasteiger partial charge >= 0.3 is 0 Å². The molecule has 0 atom stereocenters. The van der Waals surface area contributed by atoms with E-state index in [4.69, 9.17) is 0 Å². The second-order valence-corrected chi connectivity index (χ2v) is 2.57. The van der Waals surface area contributed by atoms with Crippen molar-refractivity contribution < 1.29 is 8.78 Å². The summed E-state index contributed by atoms with van der Waals surface area (Å²) in [5.74, 6) is -1.97. The van der Waals surface area contributed by atoms with E-state index in [-0.39, 0.29) is 5.69 Å². The molecule has 0 amide bonds. The van der Waals surface area contributed by atoms with Crippen LogP contribution in [0.25, 0.3) is 11.3 Å². The summed E-state index contributed by atoms with van der Waals surface area (Å²) in [5.41, 5.74) is 0.568. The molecule has 1 heterocycles. The molecular formula is C9H6F2N2. The fraction of sp³-hybridized carbons (Fsp3) is 0. The van der Waals surface area contributed by atoms with Crippen LogP contribution in [0.15, 0.2) is 30.3 Å². The molecule has 1 N–H and O–H groups in total. The van der Waals surface area contributed by atoms with Crippen molar-refractivity contribution in [1.82, 2.24) is 10.2 Å². The highest BCUT2D eigenvalue weighted by Crippen LogP contribution is 2.20. The number of hydrogen-bond donors (Lipinski definition) is 1. The molecule has 1 aromatic heterocycles. The average Bonchev–Trinajstić information content (AvgIpc) is 2.49. The van der Waals surface area contributed by atoms with Crippen LogP contribution in [-0.2, 0) is 0 Å². The maximum atomic E-state index is 13.0. The molecule has 13 heavy (non-hydrogen) atoms. The van der Waals surface area contributed by atoms with Crippen LogP contribution in [-0.4, -0.2) is 10.2 Å². The molecule has 0 saturated carbocycles. The molecule has 4 heteroatoms. The molecule has 2 rings (SSSR count). The Morgan fingerprint density at radius 2 is 1.77 bits per heavy atom. The van der Waals surface area contributed by atoms with Gasteiger partial charge in [0.2, 0.25) is 11.8 Å². The first kappa shape index (κ1) is 7.91. The Kier molecular flexibility index (Phi) is 1.81. The van der Waals surface area contributed by atoms with Gasteiger partial charge in [0.25, 0.3) is 0 Å². The maximum Gasteiger partial charge on any atom is 0.245 e. The lowest BCUT2D eigenvalue weighted by atomic mass is 10.1. The van der Waals surface area contributed by atoms with Gasteiger partial charge < -0.3 is 0 Å². The Bertz CT molecular complexity index is 409. The van der Waals surface area contributed by atoms with E-state index >= 15 is 0 Å². The second kappa shape index (κ2) is 2.97. The van der Waals surface area contributed by atoms with Gasteiger partial charge in [0.1, 0.15) is 5.69 Å². The molecule has 0 aliphatic carbocycles. The minimum absolute atomic E-state index is 0.0121. The van der Waals surface area contributed by atoms with Gasteiger partial charge in [0.05, 0.1) is 0 Å². The highest BCUT2D eigenvalue weighted by Gasteiger charge is 2.13. The minimum atomic E-state index is -1.03. The van der Waals surface area contributed by atoms with Crippen molar-refractivity contribution in [3.8, 4) is 11.3 Å². The Morgan fingerprint density at radius 3 is 2.31 bits per heavy atom. The predicted molar refractivity (Wildman–Crippen MR) is 43.9 cm³/mol. The van der Waals surface area contributed by atoms with Crippen LogP contribution in [0.3, 0.4) is 0 Å². The van der Waals surface area contributed by atoms with E-state index in [1.165, 1.54) is 0 Å². The van der Waals surface area contributed by atoms with Gasteiger partial charge in [-0.15, -0.1) is 0 Å². The third kappa shape index (κ3) is 1.30. The van der Waals surface area contributed by atoms with Gasteiger partial charge in [0, 0.05) is 5.56 Å². The SMILES string of the molecule is Fc1[nH]nc(-c2ccccc2)c1F. The Hall–Kier alpha value is -1.71. The average molecular weight is 180 g/mol. The lowest BCUT2D eigenvalue weighted by Gasteiger charge is -1.93. The third-order valence-corrected chi connectivity index (χ3v) is 1.71. The van der Waals surface area contributed by atoms with Crippen molar-refractivity contribution in [2.24, 2.45) is 0 Å². The number of aromatic amines is 1. The van der Waals surface area contributed by atoms with E-state index in [1.807, 2.05) is 5.10 Å². The molecule has 0 spiro atoms. The van der Waals surface area contributed by atoms with Crippen LogP contribution in [0.2, 0.25) is 0 Å². The standard InChI is InChI=1S/C9H6F2N2/c10-7-8(12-13-9(7)11)6-4-2-1-3-5-6/h1-5H,(H,12,13). The van der Waals surface area contributed by atoms with Crippen molar-refractivity contribution >= 4 is 0 Å². The molecule has 66 valence electrons. The van der Waals surface area contributed by atoms with Crippen molar-refractivity contribution in [3.05, 3.63) is 42.1 Å². The first-order valence-corrected chi connectivity index (χ1v) is 3.74. The fourth-order valence-electron chi connectivity index (χ4n) is 1.09. The summed E-state index contributed by atoms with van der Waals surface area (Å²) in [7, 11) is 0. The van der Waals surface area contributed by atoms with Crippen LogP contribution in [0.5, 0.6) is 0 Å². The van der Waals surface area contributed by atoms with E-state index in [9.17, 15) is 8.78 Å². The first-order chi connectivity index (χ1) is 6.29. The van der Waals surface area contributed by atoms with Gasteiger partial charge in [-0.2, -0.15) is 13.9 Å². The Morgan fingerprint density at radius 1 is 1.08 bits per heavy atom. The smallest absolute Gasteiger partial charge is 0.245 e. The normalized spacial score (nSPS) is 10.3. The number of halogens is 2. The van der Waals surface area contributed by atoms with Gasteiger partial charge in [-0.05, 0) is 0 Å². The fourth-order valence-corrected chi connectivity index (χ4v) is 1.09. The summed E-state index contributed by atoms with van der Waals surface area (Å²) < 4.78 is 25.5. The van der Waals surface area contributed by atoms with Crippen molar-refractivity contribution in [3.63, 3.8) is 0 Å². The summed E-state index contributed by atoms with van der Waals surface area (Å²) in [6, 6.07) is 8.60. The van der Waals surface area contributed by atoms with Crippen LogP contribution in [0.1, 0.15) is 0 Å². The third-order valence-electron chi connectivity index (χ3n) is 1.71. The summed E-state index contributed by atoms with van der Waals surface area (Å²) in [4.78, 5) is 0. The molecule has 1 aromatic carbocycles. The van der Waals surface area contributed by atoms with Gasteiger partial charge in [0.15, 0.2) is 0 Å². The molecule has 0 bridgehead atoms. The van der Waals surface area contributed by atoms with Crippen molar-refractivity contribution in [2.45, 2.75) is 0 Å². The quantitative estimate of drug-likeness (QED) is 0.716. The topological polar surface area (TPSA) is 28.7 Å². The van der Waals surface area contributed by atoms with E-state index < -0.39 is 11.8 Å². The molecule has 0 unspecified atom stereocenters. The zero-order valence-electron chi connectivity index (χ0n) is 6.59. The van der Waals surface area contributed by atoms with Crippen molar-refractivity contribution in [1.29, 1.82) is 0 Å². The summed E-state index contributed by atoms with van der Waals surface area (Å²) in [6.45, 7) is 0. The van der Waals surface area contributed by atoms with Gasteiger partial charge in [-0.25, -0.2) is 5.10 Å². The molecule has 2 nitrogen and oxygen atoms in total. The van der Waals surface area contributed by atoms with E-state index in [2.05, 4.69) is 5.10 Å². The molecule has 0 fully saturated rings. The molecule has 0 saturated heterocycles. The number of nitrogens with zero attached hydrogens (tertiary/aromatic N) is 1. The zero-order valence-corrected chi connectivity index (χ0v) is 6.59. The number of nitrogens with one attached hydrogen (secondary N) is 1. The summed E-state index contributed by atoms with van der Waals surface area (Å²) in [5, 5.41) is 5.45. The molecule has 0 aliphatic rings. The lowest BCUT2D eigenvalue weighted by molar-refractivity contribution is 0.491. The zero-order chi connectivity index (χ0) is 9.26. The summed E-state index contributed by atoms with van der Waals surface area (Å²) >= 11 is 0. The Labute approximate surface area is 73.2 Å². The van der Waals surface area contributed by atoms with Crippen LogP contribution >= 0.6 is 0 Å². The van der Waals surface area contributed by atoms with Crippen LogP contribution in [0, 0.1) is 11.8 Å². The maximum absolute atomic E-state index is 13.0. The first-order valence-electron chi connectivity index (χ1n) is 3.74. The second-order valence-electron chi connectivity index (χ2n) is 2.57. The lowest BCUT2D eigenvalue weighted by Crippen LogP contribution is -1.81. The molecule has 0 radical (unpaired) electrons. The highest BCUT2D eigenvalue weighted by molar-refractivity contribution is 5.58. The number of aromatic nitrogens is 2. The van der Waals surface area contributed by atoms with Crippen molar-refractivity contribution in [2.75, 3.05) is 0 Å². The van der Waals surface area contributed by atoms with Crippen LogP contribution in [0.4, 0.5) is 8.78 Å². The number of hydrogen-bond acceptors (Lipinski definition) is 1. The largest absolute Gasteiger partial charge is 0.250 e. The number of H-pyrrole nitrogens is 1. The monoisotopic (exact) mass is 180 g/mol. The van der Waals surface area contributed by atoms with Gasteiger partial charge in [-0.3, -0.25) is 0 Å². The number of benzene rings is 1. The molecule has 0 aliphatic heterocycles. The highest BCUT2D eigenvalue weighted by atomic mass is 19.2. The Balaban J connectivity index is 2.53.